The second-order valence-electron chi connectivity index (χ2n) is 7.23. The lowest BCUT2D eigenvalue weighted by Crippen LogP contribution is -2.46. The van der Waals surface area contributed by atoms with Crippen molar-refractivity contribution in [2.75, 3.05) is 25.0 Å². The number of amides is 3. The van der Waals surface area contributed by atoms with Crippen molar-refractivity contribution in [3.05, 3.63) is 29.8 Å². The van der Waals surface area contributed by atoms with E-state index in [1.54, 1.807) is 4.90 Å². The van der Waals surface area contributed by atoms with Gasteiger partial charge in [0.15, 0.2) is 0 Å². The van der Waals surface area contributed by atoms with Crippen molar-refractivity contribution < 1.29 is 22.8 Å². The molecule has 0 aliphatic carbocycles. The van der Waals surface area contributed by atoms with Gasteiger partial charge in [0.05, 0.1) is 5.56 Å². The van der Waals surface area contributed by atoms with E-state index in [0.29, 0.717) is 32.5 Å². The van der Waals surface area contributed by atoms with Crippen LogP contribution in [-0.2, 0) is 11.0 Å². The van der Waals surface area contributed by atoms with Gasteiger partial charge in [-0.25, -0.2) is 4.79 Å². The Balaban J connectivity index is 1.94. The summed E-state index contributed by atoms with van der Waals surface area (Å²) in [5, 5.41) is 5.44. The lowest BCUT2D eigenvalue weighted by Gasteiger charge is -2.38. The molecule has 0 bridgehead atoms. The molecule has 1 aliphatic rings. The van der Waals surface area contributed by atoms with Gasteiger partial charge < -0.3 is 15.5 Å². The molecule has 2 rings (SSSR count). The average molecular weight is 399 g/mol. The van der Waals surface area contributed by atoms with Gasteiger partial charge in [-0.2, -0.15) is 13.2 Å². The molecule has 3 amide bonds. The van der Waals surface area contributed by atoms with Crippen molar-refractivity contribution in [2.24, 2.45) is 11.8 Å². The van der Waals surface area contributed by atoms with E-state index in [2.05, 4.69) is 10.6 Å². The smallest absolute Gasteiger partial charge is 0.356 e. The third kappa shape index (κ3) is 6.14. The predicted molar refractivity (Wildman–Crippen MR) is 102 cm³/mol. The first-order chi connectivity index (χ1) is 13.2. The minimum atomic E-state index is -4.45. The maximum atomic E-state index is 12.8. The zero-order chi connectivity index (χ0) is 20.7. The van der Waals surface area contributed by atoms with E-state index in [1.807, 2.05) is 13.8 Å². The molecule has 2 N–H and O–H groups in total. The maximum Gasteiger partial charge on any atom is 0.416 e. The topological polar surface area (TPSA) is 61.4 Å². The maximum absolute atomic E-state index is 12.8. The number of hydrogen-bond acceptors (Lipinski definition) is 2. The molecule has 0 saturated carbocycles. The van der Waals surface area contributed by atoms with Gasteiger partial charge in [-0.3, -0.25) is 4.79 Å². The number of anilines is 1. The van der Waals surface area contributed by atoms with Crippen LogP contribution in [0.2, 0.25) is 0 Å². The summed E-state index contributed by atoms with van der Waals surface area (Å²) in [5.41, 5.74) is -0.678. The van der Waals surface area contributed by atoms with E-state index in [4.69, 9.17) is 0 Å². The van der Waals surface area contributed by atoms with Gasteiger partial charge in [-0.05, 0) is 42.9 Å². The summed E-state index contributed by atoms with van der Waals surface area (Å²) in [6.07, 6.45) is -1.59. The molecule has 0 spiro atoms. The normalized spacial score (nSPS) is 20.0. The van der Waals surface area contributed by atoms with Crippen LogP contribution < -0.4 is 10.6 Å². The van der Waals surface area contributed by atoms with E-state index < -0.39 is 17.8 Å². The summed E-state index contributed by atoms with van der Waals surface area (Å²) < 4.78 is 38.5. The molecule has 2 unspecified atom stereocenters. The number of nitrogens with zero attached hydrogens (tertiary/aromatic N) is 1. The molecule has 0 radical (unpaired) electrons. The van der Waals surface area contributed by atoms with Gasteiger partial charge in [0.1, 0.15) is 0 Å². The Kier molecular flexibility index (Phi) is 7.71. The van der Waals surface area contributed by atoms with Crippen molar-refractivity contribution in [1.82, 2.24) is 10.2 Å². The second-order valence-corrected chi connectivity index (χ2v) is 7.23. The minimum absolute atomic E-state index is 0.0344. The molecular weight excluding hydrogens is 371 g/mol. The molecule has 28 heavy (non-hydrogen) atoms. The van der Waals surface area contributed by atoms with Crippen molar-refractivity contribution in [2.45, 2.75) is 45.7 Å². The number of piperidine rings is 1. The number of hydrogen-bond donors (Lipinski definition) is 2. The second kappa shape index (κ2) is 9.80. The molecule has 1 aromatic rings. The van der Waals surface area contributed by atoms with Crippen LogP contribution in [0, 0.1) is 11.8 Å². The number of carbonyl (C=O) groups excluding carboxylic acids is 2. The van der Waals surface area contributed by atoms with Crippen LogP contribution in [-0.4, -0.2) is 36.5 Å². The number of likely N-dealkylation sites (tertiary alicyclic amines) is 1. The highest BCUT2D eigenvalue weighted by Gasteiger charge is 2.33. The summed E-state index contributed by atoms with van der Waals surface area (Å²) >= 11 is 0. The summed E-state index contributed by atoms with van der Waals surface area (Å²) in [6, 6.07) is 4.20. The van der Waals surface area contributed by atoms with E-state index in [9.17, 15) is 22.8 Å². The Morgan fingerprint density at radius 1 is 1.21 bits per heavy atom. The molecule has 1 saturated heterocycles. The molecule has 1 fully saturated rings. The SMILES string of the molecule is CCCNC(=O)CC1CCN(C(=O)Nc2cccc(C(F)(F)F)c2)CC1CC. The van der Waals surface area contributed by atoms with Crippen molar-refractivity contribution in [3.63, 3.8) is 0 Å². The Bertz CT molecular complexity index is 679. The molecule has 5 nitrogen and oxygen atoms in total. The summed E-state index contributed by atoms with van der Waals surface area (Å²) in [5.74, 6) is 0.431. The van der Waals surface area contributed by atoms with Crippen LogP contribution in [0.5, 0.6) is 0 Å². The Morgan fingerprint density at radius 2 is 1.96 bits per heavy atom. The highest BCUT2D eigenvalue weighted by molar-refractivity contribution is 5.89. The van der Waals surface area contributed by atoms with Crippen LogP contribution in [0.4, 0.5) is 23.7 Å². The molecule has 8 heteroatoms. The van der Waals surface area contributed by atoms with Gasteiger partial charge in [0.2, 0.25) is 5.91 Å². The first-order valence-electron chi connectivity index (χ1n) is 9.74. The summed E-state index contributed by atoms with van der Waals surface area (Å²) in [4.78, 5) is 26.1. The summed E-state index contributed by atoms with van der Waals surface area (Å²) in [7, 11) is 0. The molecule has 0 aromatic heterocycles. The quantitative estimate of drug-likeness (QED) is 0.740. The number of urea groups is 1. The monoisotopic (exact) mass is 399 g/mol. The lowest BCUT2D eigenvalue weighted by atomic mass is 9.81. The third-order valence-electron chi connectivity index (χ3n) is 5.16. The van der Waals surface area contributed by atoms with Crippen LogP contribution in [0.3, 0.4) is 0 Å². The molecule has 1 aliphatic heterocycles. The highest BCUT2D eigenvalue weighted by Crippen LogP contribution is 2.32. The molecule has 1 aromatic carbocycles. The van der Waals surface area contributed by atoms with Gasteiger partial charge >= 0.3 is 12.2 Å². The van der Waals surface area contributed by atoms with Gasteiger partial charge in [-0.15, -0.1) is 0 Å². The zero-order valence-corrected chi connectivity index (χ0v) is 16.3. The Labute approximate surface area is 163 Å². The molecule has 156 valence electrons. The van der Waals surface area contributed by atoms with Gasteiger partial charge in [0.25, 0.3) is 0 Å². The van der Waals surface area contributed by atoms with Gasteiger partial charge in [0, 0.05) is 31.7 Å². The minimum Gasteiger partial charge on any atom is -0.356 e. The fraction of sp³-hybridized carbons (Fsp3) is 0.600. The number of alkyl halides is 3. The van der Waals surface area contributed by atoms with Crippen molar-refractivity contribution in [3.8, 4) is 0 Å². The fourth-order valence-corrected chi connectivity index (χ4v) is 3.55. The lowest BCUT2D eigenvalue weighted by molar-refractivity contribution is -0.137. The number of benzene rings is 1. The predicted octanol–water partition coefficient (Wildman–Crippen LogP) is 4.50. The van der Waals surface area contributed by atoms with E-state index in [-0.39, 0.29) is 23.4 Å². The van der Waals surface area contributed by atoms with Crippen LogP contribution in [0.15, 0.2) is 24.3 Å². The largest absolute Gasteiger partial charge is 0.416 e. The first-order valence-corrected chi connectivity index (χ1v) is 9.74. The van der Waals surface area contributed by atoms with E-state index in [0.717, 1.165) is 25.0 Å². The standard InChI is InChI=1S/C20H28F3N3O2/c1-3-9-24-18(27)11-15-8-10-26(13-14(15)4-2)19(28)25-17-7-5-6-16(12-17)20(21,22)23/h5-7,12,14-15H,3-4,8-11,13H2,1-2H3,(H,24,27)(H,25,28). The highest BCUT2D eigenvalue weighted by atomic mass is 19.4. The number of carbonyl (C=O) groups is 2. The average Bonchev–Trinajstić information content (AvgIpc) is 2.66. The van der Waals surface area contributed by atoms with Crippen molar-refractivity contribution in [1.29, 1.82) is 0 Å². The van der Waals surface area contributed by atoms with Crippen LogP contribution in [0.25, 0.3) is 0 Å². The Hall–Kier alpha value is -2.25. The molecule has 2 atom stereocenters. The first kappa shape index (κ1) is 22.0. The van der Waals surface area contributed by atoms with Crippen LogP contribution >= 0.6 is 0 Å². The van der Waals surface area contributed by atoms with Crippen molar-refractivity contribution >= 4 is 17.6 Å². The fourth-order valence-electron chi connectivity index (χ4n) is 3.55. The van der Waals surface area contributed by atoms with E-state index in [1.165, 1.54) is 12.1 Å². The van der Waals surface area contributed by atoms with Crippen LogP contribution in [0.1, 0.15) is 45.1 Å². The number of halogens is 3. The molecular formula is C20H28F3N3O2. The Morgan fingerprint density at radius 3 is 2.61 bits per heavy atom. The zero-order valence-electron chi connectivity index (χ0n) is 16.3. The third-order valence-corrected chi connectivity index (χ3v) is 5.16. The summed E-state index contributed by atoms with van der Waals surface area (Å²) in [6.45, 7) is 5.65. The van der Waals surface area contributed by atoms with E-state index >= 15 is 0 Å². The molecule has 1 heterocycles. The number of rotatable bonds is 6. The number of nitrogens with one attached hydrogen (secondary N) is 2. The van der Waals surface area contributed by atoms with Gasteiger partial charge in [-0.1, -0.05) is 26.3 Å².